The summed E-state index contributed by atoms with van der Waals surface area (Å²) in [7, 11) is 1.63. The van der Waals surface area contributed by atoms with Crippen molar-refractivity contribution in [1.29, 1.82) is 0 Å². The Bertz CT molecular complexity index is 871. The lowest BCUT2D eigenvalue weighted by atomic mass is 9.64. The molecule has 5 rings (SSSR count). The van der Waals surface area contributed by atoms with Crippen LogP contribution in [-0.2, 0) is 5.54 Å². The Hall–Kier alpha value is -2.37. The number of methoxy groups -OCH3 is 1. The van der Waals surface area contributed by atoms with Gasteiger partial charge in [0, 0.05) is 17.5 Å². The summed E-state index contributed by atoms with van der Waals surface area (Å²) in [5.74, 6) is 1.91. The van der Waals surface area contributed by atoms with Gasteiger partial charge in [0.15, 0.2) is 0 Å². The van der Waals surface area contributed by atoms with Crippen molar-refractivity contribution in [3.05, 3.63) is 36.2 Å². The number of nitrogens with zero attached hydrogens (tertiary/aromatic N) is 4. The molecule has 2 aromatic rings. The van der Waals surface area contributed by atoms with E-state index in [0.717, 1.165) is 25.2 Å². The lowest BCUT2D eigenvalue weighted by Gasteiger charge is -2.55. The molecule has 1 spiro atoms. The van der Waals surface area contributed by atoms with E-state index >= 15 is 0 Å². The smallest absolute Gasteiger partial charge is 0.261 e. The molecule has 0 radical (unpaired) electrons. The summed E-state index contributed by atoms with van der Waals surface area (Å²) >= 11 is 0. The van der Waals surface area contributed by atoms with E-state index in [9.17, 15) is 4.79 Å². The van der Waals surface area contributed by atoms with Gasteiger partial charge in [-0.3, -0.25) is 9.69 Å². The Balaban J connectivity index is 1.61. The monoisotopic (exact) mass is 380 g/mol. The van der Waals surface area contributed by atoms with Crippen molar-refractivity contribution >= 4 is 11.9 Å². The molecule has 6 nitrogen and oxygen atoms in total. The van der Waals surface area contributed by atoms with Gasteiger partial charge in [0.2, 0.25) is 5.95 Å². The van der Waals surface area contributed by atoms with Gasteiger partial charge in [0.25, 0.3) is 5.91 Å². The van der Waals surface area contributed by atoms with Crippen LogP contribution in [0.3, 0.4) is 0 Å². The SMILES string of the molecule is COc1cccc(C(=O)N2c3ncnn3C3(CCCCC3)[C@@H]3CCCC[C@@H]32)c1. The van der Waals surface area contributed by atoms with E-state index in [-0.39, 0.29) is 17.5 Å². The quantitative estimate of drug-likeness (QED) is 0.785. The first-order chi connectivity index (χ1) is 13.7. The predicted molar refractivity (Wildman–Crippen MR) is 107 cm³/mol. The molecule has 1 aromatic heterocycles. The summed E-state index contributed by atoms with van der Waals surface area (Å²) in [5.41, 5.74) is 0.693. The Morgan fingerprint density at radius 1 is 1.14 bits per heavy atom. The highest BCUT2D eigenvalue weighted by Crippen LogP contribution is 2.52. The van der Waals surface area contributed by atoms with E-state index in [1.807, 2.05) is 29.2 Å². The summed E-state index contributed by atoms with van der Waals surface area (Å²) in [5, 5.41) is 4.67. The third-order valence-electron chi connectivity index (χ3n) is 7.17. The number of amides is 1. The molecule has 1 aromatic carbocycles. The summed E-state index contributed by atoms with van der Waals surface area (Å²) in [6.07, 6.45) is 12.4. The van der Waals surface area contributed by atoms with Crippen LogP contribution in [0.15, 0.2) is 30.6 Å². The van der Waals surface area contributed by atoms with Gasteiger partial charge >= 0.3 is 0 Å². The minimum absolute atomic E-state index is 0.00992. The highest BCUT2D eigenvalue weighted by Gasteiger charge is 2.54. The number of carbonyl (C=O) groups excluding carboxylic acids is 1. The van der Waals surface area contributed by atoms with E-state index in [4.69, 9.17) is 4.74 Å². The van der Waals surface area contributed by atoms with Crippen molar-refractivity contribution in [3.8, 4) is 5.75 Å². The first-order valence-corrected chi connectivity index (χ1v) is 10.6. The zero-order valence-electron chi connectivity index (χ0n) is 16.5. The van der Waals surface area contributed by atoms with E-state index in [1.165, 1.54) is 38.5 Å². The van der Waals surface area contributed by atoms with Crippen LogP contribution >= 0.6 is 0 Å². The molecule has 2 heterocycles. The number of fused-ring (bicyclic) bond motifs is 4. The van der Waals surface area contributed by atoms with Crippen molar-refractivity contribution in [3.63, 3.8) is 0 Å². The fourth-order valence-electron chi connectivity index (χ4n) is 5.95. The van der Waals surface area contributed by atoms with Gasteiger partial charge in [-0.1, -0.05) is 38.2 Å². The number of carbonyl (C=O) groups is 1. The van der Waals surface area contributed by atoms with Crippen LogP contribution < -0.4 is 9.64 Å². The second kappa shape index (κ2) is 6.90. The average Bonchev–Trinajstić information content (AvgIpc) is 3.25. The third kappa shape index (κ3) is 2.57. The summed E-state index contributed by atoms with van der Waals surface area (Å²) in [6, 6.07) is 7.65. The second-order valence-electron chi connectivity index (χ2n) is 8.50. The van der Waals surface area contributed by atoms with E-state index in [1.54, 1.807) is 13.4 Å². The van der Waals surface area contributed by atoms with Gasteiger partial charge in [-0.15, -0.1) is 0 Å². The molecule has 1 aliphatic heterocycles. The summed E-state index contributed by atoms with van der Waals surface area (Å²) < 4.78 is 7.46. The number of benzene rings is 1. The number of ether oxygens (including phenoxy) is 1. The third-order valence-corrected chi connectivity index (χ3v) is 7.17. The van der Waals surface area contributed by atoms with Crippen LogP contribution in [0.25, 0.3) is 0 Å². The van der Waals surface area contributed by atoms with Crippen molar-refractivity contribution in [2.45, 2.75) is 69.4 Å². The maximum Gasteiger partial charge on any atom is 0.261 e. The van der Waals surface area contributed by atoms with Gasteiger partial charge in [-0.25, -0.2) is 4.68 Å². The topological polar surface area (TPSA) is 60.2 Å². The Morgan fingerprint density at radius 3 is 2.79 bits per heavy atom. The number of anilines is 1. The van der Waals surface area contributed by atoms with E-state index in [0.29, 0.717) is 17.2 Å². The fourth-order valence-corrected chi connectivity index (χ4v) is 5.95. The van der Waals surface area contributed by atoms with Gasteiger partial charge < -0.3 is 4.74 Å². The van der Waals surface area contributed by atoms with Crippen molar-refractivity contribution in [2.24, 2.45) is 5.92 Å². The molecule has 0 unspecified atom stereocenters. The summed E-state index contributed by atoms with van der Waals surface area (Å²) in [4.78, 5) is 20.2. The number of aromatic nitrogens is 3. The normalized spacial score (nSPS) is 25.8. The van der Waals surface area contributed by atoms with Gasteiger partial charge in [-0.2, -0.15) is 10.1 Å². The van der Waals surface area contributed by atoms with Crippen molar-refractivity contribution < 1.29 is 9.53 Å². The first-order valence-electron chi connectivity index (χ1n) is 10.6. The molecule has 2 aliphatic carbocycles. The van der Waals surface area contributed by atoms with Crippen LogP contribution in [0.1, 0.15) is 68.1 Å². The number of hydrogen-bond donors (Lipinski definition) is 0. The molecule has 6 heteroatoms. The highest BCUT2D eigenvalue weighted by molar-refractivity contribution is 6.06. The molecule has 3 aliphatic rings. The predicted octanol–water partition coefficient (Wildman–Crippen LogP) is 4.17. The molecular formula is C22H28N4O2. The lowest BCUT2D eigenvalue weighted by Crippen LogP contribution is -2.61. The molecular weight excluding hydrogens is 352 g/mol. The zero-order chi connectivity index (χ0) is 19.1. The Labute approximate surface area is 165 Å². The molecule has 0 bridgehead atoms. The zero-order valence-corrected chi connectivity index (χ0v) is 16.5. The summed E-state index contributed by atoms with van der Waals surface area (Å²) in [6.45, 7) is 0. The molecule has 1 amide bonds. The van der Waals surface area contributed by atoms with Crippen molar-refractivity contribution in [1.82, 2.24) is 14.8 Å². The van der Waals surface area contributed by atoms with Crippen LogP contribution in [0, 0.1) is 5.92 Å². The molecule has 0 saturated heterocycles. The lowest BCUT2D eigenvalue weighted by molar-refractivity contribution is 0.0313. The molecule has 2 saturated carbocycles. The minimum atomic E-state index is 0.00992. The molecule has 28 heavy (non-hydrogen) atoms. The molecule has 2 atom stereocenters. The largest absolute Gasteiger partial charge is 0.497 e. The molecule has 0 N–H and O–H groups in total. The first kappa shape index (κ1) is 17.7. The average molecular weight is 380 g/mol. The maximum absolute atomic E-state index is 13.6. The standard InChI is InChI=1S/C22H28N4O2/c1-28-17-9-7-8-16(14-17)20(27)25-19-11-4-3-10-18(19)22(12-5-2-6-13-22)26-21(25)23-15-24-26/h7-9,14-15,18-19H,2-6,10-13H2,1H3/t18-,19+/m1/s1. The minimum Gasteiger partial charge on any atom is -0.497 e. The van der Waals surface area contributed by atoms with Gasteiger partial charge in [-0.05, 0) is 43.9 Å². The van der Waals surface area contributed by atoms with Gasteiger partial charge in [0.1, 0.15) is 12.1 Å². The Kier molecular flexibility index (Phi) is 4.37. The van der Waals surface area contributed by atoms with Crippen LogP contribution in [-0.4, -0.2) is 33.8 Å². The van der Waals surface area contributed by atoms with Crippen LogP contribution in [0.5, 0.6) is 5.75 Å². The number of rotatable bonds is 2. The van der Waals surface area contributed by atoms with E-state index < -0.39 is 0 Å². The fraction of sp³-hybridized carbons (Fsp3) is 0.591. The maximum atomic E-state index is 13.6. The van der Waals surface area contributed by atoms with E-state index in [2.05, 4.69) is 14.8 Å². The molecule has 148 valence electrons. The molecule has 2 fully saturated rings. The highest BCUT2D eigenvalue weighted by atomic mass is 16.5. The van der Waals surface area contributed by atoms with Gasteiger partial charge in [0.05, 0.1) is 12.6 Å². The van der Waals surface area contributed by atoms with Crippen LogP contribution in [0.2, 0.25) is 0 Å². The van der Waals surface area contributed by atoms with Crippen molar-refractivity contribution in [2.75, 3.05) is 12.0 Å². The van der Waals surface area contributed by atoms with Crippen LogP contribution in [0.4, 0.5) is 5.95 Å². The second-order valence-corrected chi connectivity index (χ2v) is 8.50. The Morgan fingerprint density at radius 2 is 1.96 bits per heavy atom. The number of hydrogen-bond acceptors (Lipinski definition) is 4.